The van der Waals surface area contributed by atoms with E-state index < -0.39 is 0 Å². The van der Waals surface area contributed by atoms with Crippen LogP contribution < -0.4 is 5.56 Å². The molecule has 2 aromatic rings. The van der Waals surface area contributed by atoms with Crippen LogP contribution in [-0.4, -0.2) is 46.4 Å². The first-order chi connectivity index (χ1) is 11.7. The van der Waals surface area contributed by atoms with Gasteiger partial charge >= 0.3 is 0 Å². The van der Waals surface area contributed by atoms with Crippen molar-refractivity contribution in [3.05, 3.63) is 58.5 Å². The number of aromatic nitrogens is 2. The van der Waals surface area contributed by atoms with Crippen molar-refractivity contribution in [3.8, 4) is 5.69 Å². The van der Waals surface area contributed by atoms with E-state index in [1.807, 2.05) is 25.1 Å². The molecule has 1 aromatic heterocycles. The molecule has 0 aliphatic carbocycles. The van der Waals surface area contributed by atoms with Crippen molar-refractivity contribution < 1.29 is 9.53 Å². The summed E-state index contributed by atoms with van der Waals surface area (Å²) in [7, 11) is 0. The lowest BCUT2D eigenvalue weighted by Crippen LogP contribution is -2.38. The summed E-state index contributed by atoms with van der Waals surface area (Å²) in [5, 5.41) is 4.26. The van der Waals surface area contributed by atoms with Crippen molar-refractivity contribution in [3.63, 3.8) is 0 Å². The van der Waals surface area contributed by atoms with E-state index in [-0.39, 0.29) is 23.3 Å². The standard InChI is InChI=1S/C18H21N3O3/c1-2-20(13-15-9-6-12-24-15)18(23)16-10-11-17(22)21(19-16)14-7-4-3-5-8-14/h3-5,7-8,10-11,15H,2,6,9,12-13H2,1H3. The fourth-order valence-corrected chi connectivity index (χ4v) is 2.83. The van der Waals surface area contributed by atoms with E-state index in [9.17, 15) is 9.59 Å². The zero-order valence-corrected chi connectivity index (χ0v) is 13.7. The molecular formula is C18H21N3O3. The topological polar surface area (TPSA) is 64.4 Å². The minimum Gasteiger partial charge on any atom is -0.376 e. The summed E-state index contributed by atoms with van der Waals surface area (Å²) in [6.07, 6.45) is 2.10. The fourth-order valence-electron chi connectivity index (χ4n) is 2.83. The highest BCUT2D eigenvalue weighted by atomic mass is 16.5. The average molecular weight is 327 g/mol. The van der Waals surface area contributed by atoms with Crippen molar-refractivity contribution in [2.75, 3.05) is 19.7 Å². The molecule has 0 saturated carbocycles. The van der Waals surface area contributed by atoms with Gasteiger partial charge in [-0.05, 0) is 38.0 Å². The quantitative estimate of drug-likeness (QED) is 0.841. The van der Waals surface area contributed by atoms with Crippen LogP contribution in [0.1, 0.15) is 30.3 Å². The molecule has 0 radical (unpaired) electrons. The molecule has 3 rings (SSSR count). The van der Waals surface area contributed by atoms with Crippen LogP contribution in [0.5, 0.6) is 0 Å². The molecule has 1 unspecified atom stereocenters. The molecule has 24 heavy (non-hydrogen) atoms. The minimum atomic E-state index is -0.264. The molecule has 1 atom stereocenters. The molecule has 0 N–H and O–H groups in total. The van der Waals surface area contributed by atoms with E-state index in [0.29, 0.717) is 18.8 Å². The molecule has 6 nitrogen and oxygen atoms in total. The molecule has 126 valence electrons. The number of hydrogen-bond acceptors (Lipinski definition) is 4. The van der Waals surface area contributed by atoms with Crippen LogP contribution in [0.4, 0.5) is 0 Å². The second-order valence-electron chi connectivity index (χ2n) is 5.78. The number of amides is 1. The molecule has 1 amide bonds. The number of carbonyl (C=O) groups excluding carboxylic acids is 1. The highest BCUT2D eigenvalue weighted by Gasteiger charge is 2.23. The lowest BCUT2D eigenvalue weighted by molar-refractivity contribution is 0.0533. The third-order valence-corrected chi connectivity index (χ3v) is 4.14. The van der Waals surface area contributed by atoms with Gasteiger partial charge in [-0.2, -0.15) is 9.78 Å². The van der Waals surface area contributed by atoms with Crippen molar-refractivity contribution in [1.29, 1.82) is 0 Å². The Morgan fingerprint density at radius 2 is 2.08 bits per heavy atom. The Morgan fingerprint density at radius 1 is 1.29 bits per heavy atom. The Bertz CT molecular complexity index is 752. The number of para-hydroxylation sites is 1. The normalized spacial score (nSPS) is 17.0. The largest absolute Gasteiger partial charge is 0.376 e. The summed E-state index contributed by atoms with van der Waals surface area (Å²) in [5.74, 6) is -0.183. The first-order valence-electron chi connectivity index (χ1n) is 8.25. The van der Waals surface area contributed by atoms with Crippen LogP contribution in [0.25, 0.3) is 5.69 Å². The third kappa shape index (κ3) is 3.54. The third-order valence-electron chi connectivity index (χ3n) is 4.14. The molecule has 2 heterocycles. The van der Waals surface area contributed by atoms with Gasteiger partial charge in [0.1, 0.15) is 5.69 Å². The van der Waals surface area contributed by atoms with Crippen LogP contribution in [0, 0.1) is 0 Å². The minimum absolute atomic E-state index is 0.0916. The van der Waals surface area contributed by atoms with Crippen molar-refractivity contribution in [2.24, 2.45) is 0 Å². The van der Waals surface area contributed by atoms with E-state index in [0.717, 1.165) is 19.4 Å². The molecule has 0 spiro atoms. The highest BCUT2D eigenvalue weighted by molar-refractivity contribution is 5.92. The van der Waals surface area contributed by atoms with Gasteiger partial charge in [0.15, 0.2) is 0 Å². The Labute approximate surface area is 140 Å². The van der Waals surface area contributed by atoms with Gasteiger partial charge in [-0.25, -0.2) is 0 Å². The van der Waals surface area contributed by atoms with Crippen LogP contribution in [0.3, 0.4) is 0 Å². The number of likely N-dealkylation sites (N-methyl/N-ethyl adjacent to an activating group) is 1. The first-order valence-corrected chi connectivity index (χ1v) is 8.25. The smallest absolute Gasteiger partial charge is 0.274 e. The SMILES string of the molecule is CCN(CC1CCCO1)C(=O)c1ccc(=O)n(-c2ccccc2)n1. The summed E-state index contributed by atoms with van der Waals surface area (Å²) in [4.78, 5) is 26.5. The number of nitrogens with zero attached hydrogens (tertiary/aromatic N) is 3. The lowest BCUT2D eigenvalue weighted by Gasteiger charge is -2.23. The molecule has 1 aliphatic heterocycles. The molecular weight excluding hydrogens is 306 g/mol. The van der Waals surface area contributed by atoms with Gasteiger partial charge in [0.2, 0.25) is 0 Å². The van der Waals surface area contributed by atoms with Crippen LogP contribution in [0.2, 0.25) is 0 Å². The zero-order chi connectivity index (χ0) is 16.9. The number of benzene rings is 1. The predicted molar refractivity (Wildman–Crippen MR) is 90.4 cm³/mol. The Balaban J connectivity index is 1.85. The van der Waals surface area contributed by atoms with Crippen LogP contribution in [0.15, 0.2) is 47.3 Å². The summed E-state index contributed by atoms with van der Waals surface area (Å²) in [5.41, 5.74) is 0.637. The van der Waals surface area contributed by atoms with Crippen LogP contribution >= 0.6 is 0 Å². The molecule has 0 bridgehead atoms. The van der Waals surface area contributed by atoms with E-state index in [4.69, 9.17) is 4.74 Å². The number of hydrogen-bond donors (Lipinski definition) is 0. The molecule has 6 heteroatoms. The second-order valence-corrected chi connectivity index (χ2v) is 5.78. The zero-order valence-electron chi connectivity index (χ0n) is 13.7. The maximum Gasteiger partial charge on any atom is 0.274 e. The Hall–Kier alpha value is -2.47. The van der Waals surface area contributed by atoms with Crippen molar-refractivity contribution in [2.45, 2.75) is 25.9 Å². The Kier molecular flexibility index (Phi) is 5.05. The van der Waals surface area contributed by atoms with Gasteiger partial charge in [-0.3, -0.25) is 9.59 Å². The van der Waals surface area contributed by atoms with Gasteiger partial charge in [0, 0.05) is 25.8 Å². The van der Waals surface area contributed by atoms with Crippen molar-refractivity contribution >= 4 is 5.91 Å². The van der Waals surface area contributed by atoms with E-state index in [1.54, 1.807) is 17.0 Å². The molecule has 1 aliphatic rings. The van der Waals surface area contributed by atoms with Gasteiger partial charge in [-0.1, -0.05) is 18.2 Å². The predicted octanol–water partition coefficient (Wildman–Crippen LogP) is 1.87. The lowest BCUT2D eigenvalue weighted by atomic mass is 10.2. The maximum absolute atomic E-state index is 12.8. The number of carbonyl (C=O) groups is 1. The van der Waals surface area contributed by atoms with Gasteiger partial charge in [0.05, 0.1) is 11.8 Å². The highest BCUT2D eigenvalue weighted by Crippen LogP contribution is 2.14. The average Bonchev–Trinajstić information content (AvgIpc) is 3.13. The second kappa shape index (κ2) is 7.40. The summed E-state index contributed by atoms with van der Waals surface area (Å²) < 4.78 is 6.87. The summed E-state index contributed by atoms with van der Waals surface area (Å²) in [6, 6.07) is 12.0. The first kappa shape index (κ1) is 16.4. The molecule has 1 saturated heterocycles. The molecule has 1 aromatic carbocycles. The van der Waals surface area contributed by atoms with Gasteiger partial charge in [0.25, 0.3) is 11.5 Å². The fraction of sp³-hybridized carbons (Fsp3) is 0.389. The number of ether oxygens (including phenoxy) is 1. The van der Waals surface area contributed by atoms with Gasteiger partial charge in [-0.15, -0.1) is 0 Å². The van der Waals surface area contributed by atoms with Gasteiger partial charge < -0.3 is 9.64 Å². The number of rotatable bonds is 5. The van der Waals surface area contributed by atoms with Crippen LogP contribution in [-0.2, 0) is 4.74 Å². The van der Waals surface area contributed by atoms with E-state index in [2.05, 4.69) is 5.10 Å². The monoisotopic (exact) mass is 327 g/mol. The van der Waals surface area contributed by atoms with E-state index in [1.165, 1.54) is 16.8 Å². The van der Waals surface area contributed by atoms with Crippen molar-refractivity contribution in [1.82, 2.24) is 14.7 Å². The summed E-state index contributed by atoms with van der Waals surface area (Å²) >= 11 is 0. The maximum atomic E-state index is 12.8. The molecule has 1 fully saturated rings. The summed E-state index contributed by atoms with van der Waals surface area (Å²) in [6.45, 7) is 3.82. The van der Waals surface area contributed by atoms with E-state index >= 15 is 0 Å². The Morgan fingerprint density at radius 3 is 2.75 bits per heavy atom.